The van der Waals surface area contributed by atoms with Crippen LogP contribution in [-0.4, -0.2) is 0 Å². The molecule has 57 heavy (non-hydrogen) atoms. The smallest absolute Gasteiger partial charge is 0.00928 e. The Morgan fingerprint density at radius 2 is 0.474 bits per heavy atom. The zero-order valence-corrected chi connectivity index (χ0v) is 32.1. The third kappa shape index (κ3) is 5.60. The summed E-state index contributed by atoms with van der Waals surface area (Å²) in [5.41, 5.74) is 11.2. The van der Waals surface area contributed by atoms with Crippen molar-refractivity contribution in [3.63, 3.8) is 0 Å². The third-order valence-electron chi connectivity index (χ3n) is 12.2. The molecule has 11 aromatic carbocycles. The molecular weight excluding hydrogens is 685 g/mol. The fourth-order valence-electron chi connectivity index (χ4n) is 9.25. The first-order valence-corrected chi connectivity index (χ1v) is 20.1. The maximum atomic E-state index is 2.39. The Morgan fingerprint density at radius 1 is 0.211 bits per heavy atom. The summed E-state index contributed by atoms with van der Waals surface area (Å²) < 4.78 is 0. The van der Waals surface area contributed by atoms with Crippen molar-refractivity contribution in [3.05, 3.63) is 206 Å². The van der Waals surface area contributed by atoms with Crippen LogP contribution in [0.4, 0.5) is 0 Å². The topological polar surface area (TPSA) is 0 Å². The first-order valence-electron chi connectivity index (χ1n) is 20.1. The van der Waals surface area contributed by atoms with E-state index < -0.39 is 0 Å². The van der Waals surface area contributed by atoms with Crippen molar-refractivity contribution < 1.29 is 0 Å². The van der Waals surface area contributed by atoms with E-state index in [0.717, 1.165) is 0 Å². The lowest BCUT2D eigenvalue weighted by atomic mass is 9.89. The molecule has 268 valence electrons. The summed E-state index contributed by atoms with van der Waals surface area (Å²) in [6.45, 7) is 4.59. The molecule has 0 N–H and O–H groups in total. The molecule has 0 heterocycles. The molecule has 0 nitrogen and oxygen atoms in total. The van der Waals surface area contributed by atoms with Crippen LogP contribution in [0.1, 0.15) is 25.3 Å². The number of fused-ring (bicyclic) bond motifs is 12. The highest BCUT2D eigenvalue weighted by molar-refractivity contribution is 6.27. The first kappa shape index (κ1) is 33.3. The zero-order chi connectivity index (χ0) is 38.0. The average Bonchev–Trinajstić information content (AvgIpc) is 3.29. The molecule has 0 atom stereocenters. The maximum absolute atomic E-state index is 2.39. The Balaban J connectivity index is 1.00. The van der Waals surface area contributed by atoms with Gasteiger partial charge in [0, 0.05) is 0 Å². The summed E-state index contributed by atoms with van der Waals surface area (Å²) in [5, 5.41) is 15.6. The number of hydrogen-bond donors (Lipinski definition) is 0. The Morgan fingerprint density at radius 3 is 0.807 bits per heavy atom. The van der Waals surface area contributed by atoms with Crippen molar-refractivity contribution in [3.8, 4) is 44.5 Å². The van der Waals surface area contributed by atoms with Crippen molar-refractivity contribution in [1.29, 1.82) is 0 Å². The molecule has 0 radical (unpaired) electrons. The molecule has 0 amide bonds. The van der Waals surface area contributed by atoms with Gasteiger partial charge >= 0.3 is 0 Å². The molecule has 0 fully saturated rings. The monoisotopic (exact) mass is 724 g/mol. The summed E-state index contributed by atoms with van der Waals surface area (Å²) in [6, 6.07) is 74.6. The molecule has 11 aromatic rings. The quantitative estimate of drug-likeness (QED) is 0.155. The standard InChI is InChI=1S/C57H40/c1-36(2)43-31-44(39-15-11-13-37(29-39)41-25-27-54-50-21-5-3-17-46(50)48-19-7-9-23-52(48)56(54)34-41)33-45(32-43)40-16-12-14-38(30-40)42-26-28-55-51-22-6-4-18-47(51)49-20-8-10-24-53(49)57(55)35-42/h3-36H,1-2H3. The number of rotatable bonds is 5. The zero-order valence-electron chi connectivity index (χ0n) is 32.1. The van der Waals surface area contributed by atoms with Crippen LogP contribution in [-0.2, 0) is 0 Å². The fourth-order valence-corrected chi connectivity index (χ4v) is 9.25. The predicted octanol–water partition coefficient (Wildman–Crippen LogP) is 16.4. The molecule has 0 aliphatic rings. The summed E-state index contributed by atoms with van der Waals surface area (Å²) in [5.74, 6) is 0.391. The van der Waals surface area contributed by atoms with Crippen molar-refractivity contribution in [2.75, 3.05) is 0 Å². The van der Waals surface area contributed by atoms with Gasteiger partial charge in [-0.3, -0.25) is 0 Å². The van der Waals surface area contributed by atoms with Gasteiger partial charge in [0.2, 0.25) is 0 Å². The molecule has 0 heteroatoms. The Labute approximate surface area is 333 Å². The van der Waals surface area contributed by atoms with E-state index in [-0.39, 0.29) is 0 Å². The van der Waals surface area contributed by atoms with Gasteiger partial charge in [-0.15, -0.1) is 0 Å². The van der Waals surface area contributed by atoms with Gasteiger partial charge in [0.15, 0.2) is 0 Å². The van der Waals surface area contributed by atoms with Gasteiger partial charge in [0.05, 0.1) is 0 Å². The summed E-state index contributed by atoms with van der Waals surface area (Å²) in [4.78, 5) is 0. The summed E-state index contributed by atoms with van der Waals surface area (Å²) in [7, 11) is 0. The second-order valence-electron chi connectivity index (χ2n) is 15.9. The van der Waals surface area contributed by atoms with Crippen LogP contribution < -0.4 is 0 Å². The van der Waals surface area contributed by atoms with Gasteiger partial charge in [0.25, 0.3) is 0 Å². The van der Waals surface area contributed by atoms with Crippen LogP contribution in [0.25, 0.3) is 109 Å². The molecule has 0 spiro atoms. The van der Waals surface area contributed by atoms with Crippen LogP contribution in [0.2, 0.25) is 0 Å². The van der Waals surface area contributed by atoms with Crippen LogP contribution in [0.15, 0.2) is 200 Å². The highest BCUT2D eigenvalue weighted by Gasteiger charge is 2.14. The van der Waals surface area contributed by atoms with Crippen LogP contribution in [0.5, 0.6) is 0 Å². The van der Waals surface area contributed by atoms with Crippen LogP contribution in [0.3, 0.4) is 0 Å². The van der Waals surface area contributed by atoms with E-state index in [4.69, 9.17) is 0 Å². The number of hydrogen-bond acceptors (Lipinski definition) is 0. The van der Waals surface area contributed by atoms with Crippen molar-refractivity contribution in [1.82, 2.24) is 0 Å². The van der Waals surface area contributed by atoms with Gasteiger partial charge in [-0.25, -0.2) is 0 Å². The summed E-state index contributed by atoms with van der Waals surface area (Å²) in [6.07, 6.45) is 0. The molecule has 11 rings (SSSR count). The predicted molar refractivity (Wildman–Crippen MR) is 247 cm³/mol. The second kappa shape index (κ2) is 13.3. The molecule has 0 saturated heterocycles. The summed E-state index contributed by atoms with van der Waals surface area (Å²) >= 11 is 0. The van der Waals surface area contributed by atoms with Gasteiger partial charge in [-0.1, -0.05) is 184 Å². The van der Waals surface area contributed by atoms with Gasteiger partial charge in [0.1, 0.15) is 0 Å². The van der Waals surface area contributed by atoms with E-state index in [2.05, 4.69) is 214 Å². The minimum absolute atomic E-state index is 0.391. The largest absolute Gasteiger partial charge is 0.0616 e. The lowest BCUT2D eigenvalue weighted by Gasteiger charge is -2.15. The molecule has 0 bridgehead atoms. The Kier molecular flexibility index (Phi) is 7.79. The van der Waals surface area contributed by atoms with Crippen molar-refractivity contribution in [2.24, 2.45) is 0 Å². The van der Waals surface area contributed by atoms with Gasteiger partial charge in [-0.2, -0.15) is 0 Å². The first-order chi connectivity index (χ1) is 28.1. The maximum Gasteiger partial charge on any atom is -0.00928 e. The Bertz CT molecular complexity index is 3090. The van der Waals surface area contributed by atoms with E-state index >= 15 is 0 Å². The highest BCUT2D eigenvalue weighted by atomic mass is 14.2. The van der Waals surface area contributed by atoms with Gasteiger partial charge < -0.3 is 0 Å². The molecule has 0 unspecified atom stereocenters. The van der Waals surface area contributed by atoms with E-state index in [1.54, 1.807) is 0 Å². The van der Waals surface area contributed by atoms with Crippen LogP contribution in [0, 0.1) is 0 Å². The van der Waals surface area contributed by atoms with E-state index in [9.17, 15) is 0 Å². The molecule has 0 saturated carbocycles. The van der Waals surface area contributed by atoms with Gasteiger partial charge in [-0.05, 0) is 151 Å². The lowest BCUT2D eigenvalue weighted by Crippen LogP contribution is -1.92. The molecule has 0 aliphatic heterocycles. The second-order valence-corrected chi connectivity index (χ2v) is 15.9. The van der Waals surface area contributed by atoms with Crippen molar-refractivity contribution >= 4 is 64.6 Å². The van der Waals surface area contributed by atoms with E-state index in [0.29, 0.717) is 5.92 Å². The molecular formula is C57H40. The average molecular weight is 725 g/mol. The highest BCUT2D eigenvalue weighted by Crippen LogP contribution is 2.40. The normalized spacial score (nSPS) is 11.8. The van der Waals surface area contributed by atoms with Crippen molar-refractivity contribution in [2.45, 2.75) is 19.8 Å². The molecule has 0 aromatic heterocycles. The lowest BCUT2D eigenvalue weighted by molar-refractivity contribution is 0.867. The Hall–Kier alpha value is -7.02. The number of benzene rings is 11. The molecule has 0 aliphatic carbocycles. The van der Waals surface area contributed by atoms with E-state index in [1.165, 1.54) is 115 Å². The minimum atomic E-state index is 0.391. The van der Waals surface area contributed by atoms with E-state index in [1.807, 2.05) is 0 Å². The third-order valence-corrected chi connectivity index (χ3v) is 12.2. The fraction of sp³-hybridized carbons (Fsp3) is 0.0526. The minimum Gasteiger partial charge on any atom is -0.0616 e. The SMILES string of the molecule is CC(C)c1cc(-c2cccc(-c3ccc4c5ccccc5c5ccccc5c4c3)c2)cc(-c2cccc(-c3ccc4c5ccccc5c5ccccc5c4c3)c2)c1. The van der Waals surface area contributed by atoms with Crippen LogP contribution >= 0.6 is 0 Å².